The van der Waals surface area contributed by atoms with Crippen molar-refractivity contribution in [3.05, 3.63) is 35.4 Å². The minimum absolute atomic E-state index is 0.142. The molecule has 0 bridgehead atoms. The summed E-state index contributed by atoms with van der Waals surface area (Å²) < 4.78 is 0. The van der Waals surface area contributed by atoms with Crippen molar-refractivity contribution in [3.8, 4) is 0 Å². The van der Waals surface area contributed by atoms with Gasteiger partial charge in [-0.2, -0.15) is 0 Å². The van der Waals surface area contributed by atoms with E-state index in [1.54, 1.807) is 11.1 Å². The summed E-state index contributed by atoms with van der Waals surface area (Å²) in [4.78, 5) is 19.8. The second-order valence-corrected chi connectivity index (χ2v) is 9.33. The molecule has 5 heteroatoms. The van der Waals surface area contributed by atoms with Crippen molar-refractivity contribution >= 4 is 5.91 Å². The molecule has 28 heavy (non-hydrogen) atoms. The van der Waals surface area contributed by atoms with Gasteiger partial charge in [0, 0.05) is 31.7 Å². The fourth-order valence-corrected chi connectivity index (χ4v) is 5.84. The van der Waals surface area contributed by atoms with Gasteiger partial charge in [-0.15, -0.1) is 0 Å². The zero-order valence-corrected chi connectivity index (χ0v) is 16.8. The Morgan fingerprint density at radius 2 is 1.54 bits per heavy atom. The number of hydrogen-bond acceptors (Lipinski definition) is 4. The van der Waals surface area contributed by atoms with Crippen LogP contribution in [0.25, 0.3) is 0 Å². The molecule has 3 saturated heterocycles. The monoisotopic (exact) mass is 383 g/mol. The molecular formula is C23H33N3O2. The second kappa shape index (κ2) is 7.77. The quantitative estimate of drug-likeness (QED) is 0.860. The van der Waals surface area contributed by atoms with Crippen molar-refractivity contribution in [2.24, 2.45) is 5.92 Å². The first-order valence-corrected chi connectivity index (χ1v) is 11.2. The Bertz CT molecular complexity index is 685. The molecule has 1 amide bonds. The largest absolute Gasteiger partial charge is 0.389 e. The molecule has 0 aromatic heterocycles. The zero-order chi connectivity index (χ0) is 19.1. The van der Waals surface area contributed by atoms with Gasteiger partial charge in [0.1, 0.15) is 0 Å². The summed E-state index contributed by atoms with van der Waals surface area (Å²) in [7, 11) is 0. The molecule has 5 rings (SSSR count). The van der Waals surface area contributed by atoms with Crippen LogP contribution < -0.4 is 0 Å². The third-order valence-corrected chi connectivity index (χ3v) is 7.54. The fraction of sp³-hybridized carbons (Fsp3) is 0.696. The van der Waals surface area contributed by atoms with Gasteiger partial charge in [0.2, 0.25) is 5.91 Å². The smallest absolute Gasteiger partial charge is 0.227 e. The van der Waals surface area contributed by atoms with E-state index in [0.29, 0.717) is 25.2 Å². The zero-order valence-electron chi connectivity index (χ0n) is 16.8. The van der Waals surface area contributed by atoms with Gasteiger partial charge in [0.15, 0.2) is 0 Å². The summed E-state index contributed by atoms with van der Waals surface area (Å²) in [6.07, 6.45) is 6.74. The number of nitrogens with zero attached hydrogens (tertiary/aromatic N) is 3. The first kappa shape index (κ1) is 18.6. The number of rotatable bonds is 3. The number of hydrogen-bond donors (Lipinski definition) is 1. The van der Waals surface area contributed by atoms with Crippen LogP contribution in [0.2, 0.25) is 0 Å². The molecule has 1 atom stereocenters. The van der Waals surface area contributed by atoms with E-state index in [4.69, 9.17) is 0 Å². The van der Waals surface area contributed by atoms with Crippen LogP contribution in [0.5, 0.6) is 0 Å². The Morgan fingerprint density at radius 3 is 2.18 bits per heavy atom. The lowest BCUT2D eigenvalue weighted by molar-refractivity contribution is -0.148. The average Bonchev–Trinajstić information content (AvgIpc) is 3.15. The van der Waals surface area contributed by atoms with Crippen LogP contribution in [0.3, 0.4) is 0 Å². The van der Waals surface area contributed by atoms with Crippen LogP contribution >= 0.6 is 0 Å². The van der Waals surface area contributed by atoms with Crippen LogP contribution in [0.1, 0.15) is 36.8 Å². The number of carbonyl (C=O) groups is 1. The van der Waals surface area contributed by atoms with Crippen LogP contribution in [0.4, 0.5) is 0 Å². The van der Waals surface area contributed by atoms with E-state index in [-0.39, 0.29) is 17.9 Å². The summed E-state index contributed by atoms with van der Waals surface area (Å²) in [6, 6.07) is 10.3. The highest BCUT2D eigenvalue weighted by Gasteiger charge is 2.38. The normalized spacial score (nSPS) is 28.3. The molecule has 1 aromatic carbocycles. The first-order chi connectivity index (χ1) is 13.7. The maximum absolute atomic E-state index is 12.7. The summed E-state index contributed by atoms with van der Waals surface area (Å²) in [5.41, 5.74) is 3.09. The molecule has 3 fully saturated rings. The number of aliphatic hydroxyl groups excluding tert-OH is 1. The number of fused-ring (bicyclic) bond motifs is 1. The third kappa shape index (κ3) is 3.60. The van der Waals surface area contributed by atoms with Crippen molar-refractivity contribution < 1.29 is 9.90 Å². The summed E-state index contributed by atoms with van der Waals surface area (Å²) in [5.74, 6) is 0.416. The van der Waals surface area contributed by atoms with Crippen LogP contribution in [0, 0.1) is 5.92 Å². The molecular weight excluding hydrogens is 350 g/mol. The van der Waals surface area contributed by atoms with E-state index in [0.717, 1.165) is 25.9 Å². The van der Waals surface area contributed by atoms with E-state index in [2.05, 4.69) is 34.1 Å². The molecule has 4 aliphatic rings. The van der Waals surface area contributed by atoms with Crippen molar-refractivity contribution in [1.82, 2.24) is 14.7 Å². The van der Waals surface area contributed by atoms with Gasteiger partial charge in [-0.05, 0) is 69.3 Å². The molecule has 1 aliphatic carbocycles. The minimum atomic E-state index is -0.297. The number of aliphatic hydroxyl groups is 1. The lowest BCUT2D eigenvalue weighted by Gasteiger charge is -2.45. The van der Waals surface area contributed by atoms with Gasteiger partial charge >= 0.3 is 0 Å². The van der Waals surface area contributed by atoms with Gasteiger partial charge in [-0.25, -0.2) is 0 Å². The standard InChI is InChI=1S/C23H33N3O2/c27-22-15-26(16-22)23(28)19-6-3-9-25(14-19)20-7-10-24(11-8-20)21-12-17-4-1-2-5-18(17)13-21/h1-2,4-5,19-22,27H,3,6-16H2. The molecule has 1 aromatic rings. The summed E-state index contributed by atoms with van der Waals surface area (Å²) in [6.45, 7) is 5.53. The summed E-state index contributed by atoms with van der Waals surface area (Å²) in [5, 5.41) is 9.48. The Labute approximate surface area is 168 Å². The Kier molecular flexibility index (Phi) is 5.16. The topological polar surface area (TPSA) is 47.0 Å². The maximum Gasteiger partial charge on any atom is 0.227 e. The highest BCUT2D eigenvalue weighted by molar-refractivity contribution is 5.80. The Balaban J connectivity index is 1.12. The highest BCUT2D eigenvalue weighted by Crippen LogP contribution is 2.30. The molecule has 152 valence electrons. The van der Waals surface area contributed by atoms with Crippen LogP contribution in [-0.2, 0) is 17.6 Å². The maximum atomic E-state index is 12.7. The SMILES string of the molecule is O=C(C1CCCN(C2CCN(C3Cc4ccccc4C3)CC2)C1)N1CC(O)C1. The van der Waals surface area contributed by atoms with Gasteiger partial charge in [0.25, 0.3) is 0 Å². The molecule has 1 unspecified atom stereocenters. The molecule has 1 N–H and O–H groups in total. The number of β-amino-alcohol motifs (C(OH)–C–C–N with tert-alkyl or cyclic N) is 1. The van der Waals surface area contributed by atoms with Gasteiger partial charge in [-0.3, -0.25) is 14.6 Å². The third-order valence-electron chi connectivity index (χ3n) is 7.54. The second-order valence-electron chi connectivity index (χ2n) is 9.33. The van der Waals surface area contributed by atoms with Gasteiger partial charge in [0.05, 0.1) is 12.0 Å². The van der Waals surface area contributed by atoms with E-state index < -0.39 is 0 Å². The fourth-order valence-electron chi connectivity index (χ4n) is 5.84. The van der Waals surface area contributed by atoms with Gasteiger partial charge in [-0.1, -0.05) is 24.3 Å². The van der Waals surface area contributed by atoms with E-state index in [1.165, 1.54) is 38.8 Å². The number of carbonyl (C=O) groups excluding carboxylic acids is 1. The molecule has 0 spiro atoms. The van der Waals surface area contributed by atoms with E-state index in [9.17, 15) is 9.90 Å². The van der Waals surface area contributed by atoms with Crippen LogP contribution in [0.15, 0.2) is 24.3 Å². The number of likely N-dealkylation sites (tertiary alicyclic amines) is 3. The van der Waals surface area contributed by atoms with E-state index >= 15 is 0 Å². The highest BCUT2D eigenvalue weighted by atomic mass is 16.3. The Morgan fingerprint density at radius 1 is 0.857 bits per heavy atom. The first-order valence-electron chi connectivity index (χ1n) is 11.2. The van der Waals surface area contributed by atoms with Crippen molar-refractivity contribution in [2.45, 2.75) is 56.7 Å². The predicted molar refractivity (Wildman–Crippen MR) is 109 cm³/mol. The summed E-state index contributed by atoms with van der Waals surface area (Å²) >= 11 is 0. The predicted octanol–water partition coefficient (Wildman–Crippen LogP) is 1.53. The number of amides is 1. The number of benzene rings is 1. The average molecular weight is 384 g/mol. The van der Waals surface area contributed by atoms with Crippen molar-refractivity contribution in [1.29, 1.82) is 0 Å². The lowest BCUT2D eigenvalue weighted by atomic mass is 9.91. The minimum Gasteiger partial charge on any atom is -0.389 e. The Hall–Kier alpha value is -1.43. The molecule has 5 nitrogen and oxygen atoms in total. The van der Waals surface area contributed by atoms with Crippen LogP contribution in [-0.4, -0.2) is 83.2 Å². The molecule has 0 radical (unpaired) electrons. The van der Waals surface area contributed by atoms with E-state index in [1.807, 2.05) is 4.90 Å². The number of piperidine rings is 2. The van der Waals surface area contributed by atoms with Crippen molar-refractivity contribution in [3.63, 3.8) is 0 Å². The van der Waals surface area contributed by atoms with Crippen molar-refractivity contribution in [2.75, 3.05) is 39.3 Å². The van der Waals surface area contributed by atoms with Gasteiger partial charge < -0.3 is 10.0 Å². The molecule has 3 heterocycles. The molecule has 3 aliphatic heterocycles. The lowest BCUT2D eigenvalue weighted by Crippen LogP contribution is -2.58. The molecule has 0 saturated carbocycles.